The van der Waals surface area contributed by atoms with Crippen LogP contribution in [0.15, 0.2) is 4.99 Å². The van der Waals surface area contributed by atoms with E-state index in [0.717, 1.165) is 64.6 Å². The molecule has 1 atom stereocenters. The Morgan fingerprint density at radius 2 is 2.04 bits per heavy atom. The van der Waals surface area contributed by atoms with Gasteiger partial charge in [0.2, 0.25) is 0 Å². The van der Waals surface area contributed by atoms with Crippen LogP contribution in [0.2, 0.25) is 0 Å². The van der Waals surface area contributed by atoms with Crippen LogP contribution < -0.4 is 5.32 Å². The summed E-state index contributed by atoms with van der Waals surface area (Å²) in [6, 6.07) is 0. The smallest absolute Gasteiger partial charge is 0.193 e. The predicted octanol–water partition coefficient (Wildman–Crippen LogP) is 2.84. The van der Waals surface area contributed by atoms with Gasteiger partial charge in [-0.1, -0.05) is 6.92 Å². The van der Waals surface area contributed by atoms with Crippen LogP contribution in [-0.2, 0) is 9.47 Å². The monoisotopic (exact) mass is 459 g/mol. The molecule has 5 nitrogen and oxygen atoms in total. The Labute approximate surface area is 163 Å². The zero-order valence-electron chi connectivity index (χ0n) is 15.0. The minimum Gasteiger partial charge on any atom is -0.385 e. The van der Waals surface area contributed by atoms with Crippen LogP contribution in [0.4, 0.5) is 0 Å². The lowest BCUT2D eigenvalue weighted by molar-refractivity contribution is 0.00991. The van der Waals surface area contributed by atoms with Crippen molar-refractivity contribution >= 4 is 41.7 Å². The topological polar surface area (TPSA) is 46.1 Å². The molecule has 0 aromatic heterocycles. The fourth-order valence-electron chi connectivity index (χ4n) is 2.40. The molecule has 1 saturated heterocycles. The van der Waals surface area contributed by atoms with Gasteiger partial charge in [0.1, 0.15) is 0 Å². The Morgan fingerprint density at radius 3 is 2.61 bits per heavy atom. The number of hydrogen-bond donors (Lipinski definition) is 1. The fourth-order valence-corrected chi connectivity index (χ4v) is 2.63. The van der Waals surface area contributed by atoms with E-state index >= 15 is 0 Å². The van der Waals surface area contributed by atoms with Gasteiger partial charge in [-0.3, -0.25) is 4.99 Å². The highest BCUT2D eigenvalue weighted by molar-refractivity contribution is 14.0. The van der Waals surface area contributed by atoms with Crippen LogP contribution in [0, 0.1) is 0 Å². The number of nitrogens with zero attached hydrogens (tertiary/aromatic N) is 2. The van der Waals surface area contributed by atoms with Gasteiger partial charge in [0.05, 0.1) is 12.6 Å². The Balaban J connectivity index is 0.00000484. The summed E-state index contributed by atoms with van der Waals surface area (Å²) in [6.45, 7) is 9.76. The molecule has 1 aliphatic rings. The lowest BCUT2D eigenvalue weighted by Crippen LogP contribution is -2.47. The molecular weight excluding hydrogens is 425 g/mol. The Bertz CT molecular complexity index is 314. The van der Waals surface area contributed by atoms with Gasteiger partial charge in [-0.15, -0.1) is 24.0 Å². The number of likely N-dealkylation sites (tertiary alicyclic amines) is 1. The van der Waals surface area contributed by atoms with Crippen molar-refractivity contribution in [1.82, 2.24) is 10.2 Å². The van der Waals surface area contributed by atoms with Crippen LogP contribution in [0.3, 0.4) is 0 Å². The number of nitrogens with one attached hydrogen (secondary N) is 1. The molecule has 1 unspecified atom stereocenters. The van der Waals surface area contributed by atoms with Gasteiger partial charge in [0.25, 0.3) is 0 Å². The summed E-state index contributed by atoms with van der Waals surface area (Å²) in [7, 11) is 1.73. The van der Waals surface area contributed by atoms with Crippen LogP contribution in [0.5, 0.6) is 0 Å². The van der Waals surface area contributed by atoms with E-state index in [2.05, 4.69) is 30.3 Å². The number of aliphatic imine (C=N–C) groups is 1. The normalized spacial score (nSPS) is 17.7. The van der Waals surface area contributed by atoms with Gasteiger partial charge in [-0.25, -0.2) is 0 Å². The van der Waals surface area contributed by atoms with Crippen LogP contribution >= 0.6 is 35.7 Å². The molecule has 1 N–H and O–H groups in total. The van der Waals surface area contributed by atoms with E-state index in [9.17, 15) is 0 Å². The van der Waals surface area contributed by atoms with Gasteiger partial charge in [-0.05, 0) is 32.4 Å². The standard InChI is InChI=1S/C16H33N3O2S.HI/c1-5-17-16(18-13-14(2)22-4)19-9-7-15(8-10-19)21-12-6-11-20-3;/h14-15H,5-13H2,1-4H3,(H,17,18);1H. The molecule has 0 aromatic rings. The molecule has 1 rings (SSSR count). The molecule has 1 fully saturated rings. The van der Waals surface area contributed by atoms with E-state index in [1.807, 2.05) is 11.8 Å². The zero-order valence-corrected chi connectivity index (χ0v) is 18.2. The molecule has 23 heavy (non-hydrogen) atoms. The van der Waals surface area contributed by atoms with Crippen LogP contribution in [0.25, 0.3) is 0 Å². The molecule has 0 saturated carbocycles. The van der Waals surface area contributed by atoms with Gasteiger partial charge in [-0.2, -0.15) is 11.8 Å². The first-order valence-electron chi connectivity index (χ1n) is 8.37. The van der Waals surface area contributed by atoms with Crippen molar-refractivity contribution in [3.8, 4) is 0 Å². The largest absolute Gasteiger partial charge is 0.385 e. The molecule has 1 heterocycles. The maximum absolute atomic E-state index is 5.92. The molecule has 0 spiro atoms. The van der Waals surface area contributed by atoms with Crippen molar-refractivity contribution in [3.63, 3.8) is 0 Å². The van der Waals surface area contributed by atoms with Gasteiger partial charge in [0.15, 0.2) is 5.96 Å². The quantitative estimate of drug-likeness (QED) is 0.249. The summed E-state index contributed by atoms with van der Waals surface area (Å²) < 4.78 is 11.0. The number of halogens is 1. The predicted molar refractivity (Wildman–Crippen MR) is 111 cm³/mol. The average Bonchev–Trinajstić information content (AvgIpc) is 2.56. The lowest BCUT2D eigenvalue weighted by atomic mass is 10.1. The molecule has 138 valence electrons. The van der Waals surface area contributed by atoms with E-state index in [0.29, 0.717) is 11.4 Å². The summed E-state index contributed by atoms with van der Waals surface area (Å²) in [5, 5.41) is 3.98. The molecule has 7 heteroatoms. The second kappa shape index (κ2) is 14.6. The minimum atomic E-state index is 0. The minimum absolute atomic E-state index is 0. The third kappa shape index (κ3) is 9.99. The average molecular weight is 459 g/mol. The van der Waals surface area contributed by atoms with Crippen molar-refractivity contribution in [2.45, 2.75) is 44.5 Å². The number of ether oxygens (including phenoxy) is 2. The number of guanidine groups is 1. The number of piperidine rings is 1. The highest BCUT2D eigenvalue weighted by Gasteiger charge is 2.21. The Morgan fingerprint density at radius 1 is 1.35 bits per heavy atom. The van der Waals surface area contributed by atoms with E-state index in [1.165, 1.54) is 0 Å². The van der Waals surface area contributed by atoms with Crippen LogP contribution in [-0.4, -0.2) is 75.0 Å². The molecule has 0 bridgehead atoms. The van der Waals surface area contributed by atoms with Crippen molar-refractivity contribution in [3.05, 3.63) is 0 Å². The fraction of sp³-hybridized carbons (Fsp3) is 0.938. The second-order valence-corrected chi connectivity index (χ2v) is 6.92. The molecule has 0 amide bonds. The molecule has 0 aromatic carbocycles. The maximum Gasteiger partial charge on any atom is 0.193 e. The Hall–Kier alpha value is 0.270. The summed E-state index contributed by atoms with van der Waals surface area (Å²) in [6.07, 6.45) is 5.67. The Kier molecular flexibility index (Phi) is 14.8. The summed E-state index contributed by atoms with van der Waals surface area (Å²) in [4.78, 5) is 7.14. The summed E-state index contributed by atoms with van der Waals surface area (Å²) in [5.74, 6) is 1.06. The van der Waals surface area contributed by atoms with Crippen molar-refractivity contribution < 1.29 is 9.47 Å². The van der Waals surface area contributed by atoms with Gasteiger partial charge < -0.3 is 19.7 Å². The number of rotatable bonds is 9. The van der Waals surface area contributed by atoms with Crippen molar-refractivity contribution in [1.29, 1.82) is 0 Å². The van der Waals surface area contributed by atoms with E-state index in [1.54, 1.807) is 7.11 Å². The summed E-state index contributed by atoms with van der Waals surface area (Å²) in [5.41, 5.74) is 0. The van der Waals surface area contributed by atoms with E-state index in [4.69, 9.17) is 14.5 Å². The molecular formula is C16H34IN3O2S. The van der Waals surface area contributed by atoms with E-state index in [-0.39, 0.29) is 24.0 Å². The summed E-state index contributed by atoms with van der Waals surface area (Å²) >= 11 is 1.86. The first-order valence-corrected chi connectivity index (χ1v) is 9.66. The second-order valence-electron chi connectivity index (χ2n) is 5.64. The zero-order chi connectivity index (χ0) is 16.2. The van der Waals surface area contributed by atoms with Crippen LogP contribution in [0.1, 0.15) is 33.1 Å². The number of hydrogen-bond acceptors (Lipinski definition) is 4. The third-order valence-electron chi connectivity index (χ3n) is 3.82. The highest BCUT2D eigenvalue weighted by atomic mass is 127. The highest BCUT2D eigenvalue weighted by Crippen LogP contribution is 2.14. The first kappa shape index (κ1) is 23.3. The van der Waals surface area contributed by atoms with Crippen molar-refractivity contribution in [2.75, 3.05) is 52.8 Å². The van der Waals surface area contributed by atoms with Crippen molar-refractivity contribution in [2.24, 2.45) is 4.99 Å². The number of methoxy groups -OCH3 is 1. The SMILES string of the molecule is CCNC(=NCC(C)SC)N1CCC(OCCCOC)CC1.I. The molecule has 0 radical (unpaired) electrons. The lowest BCUT2D eigenvalue weighted by Gasteiger charge is -2.34. The van der Waals surface area contributed by atoms with Gasteiger partial charge in [0, 0.05) is 45.2 Å². The maximum atomic E-state index is 5.92. The van der Waals surface area contributed by atoms with E-state index < -0.39 is 0 Å². The number of thioether (sulfide) groups is 1. The molecule has 1 aliphatic heterocycles. The third-order valence-corrected chi connectivity index (χ3v) is 4.78. The molecule has 0 aliphatic carbocycles. The first-order chi connectivity index (χ1) is 10.7. The van der Waals surface area contributed by atoms with Gasteiger partial charge >= 0.3 is 0 Å².